The number of halogens is 1. The van der Waals surface area contributed by atoms with Crippen LogP contribution in [0.4, 0.5) is 0 Å². The van der Waals surface area contributed by atoms with Gasteiger partial charge in [-0.05, 0) is 35.6 Å². The van der Waals surface area contributed by atoms with Crippen molar-refractivity contribution in [3.05, 3.63) is 70.2 Å². The quantitative estimate of drug-likeness (QED) is 0.645. The summed E-state index contributed by atoms with van der Waals surface area (Å²) < 4.78 is 0. The second kappa shape index (κ2) is 6.71. The number of rotatable bonds is 5. The Morgan fingerprint density at radius 2 is 1.95 bits per heavy atom. The molecule has 0 aliphatic carbocycles. The van der Waals surface area contributed by atoms with Crippen molar-refractivity contribution in [2.24, 2.45) is 5.84 Å². The fourth-order valence-corrected chi connectivity index (χ4v) is 2.40. The third-order valence-electron chi connectivity index (χ3n) is 3.34. The van der Waals surface area contributed by atoms with Gasteiger partial charge in [-0.25, -0.2) is 0 Å². The fraction of sp³-hybridized carbons (Fsp3) is 0.250. The lowest BCUT2D eigenvalue weighted by molar-refractivity contribution is 0.551. The third kappa shape index (κ3) is 3.57. The van der Waals surface area contributed by atoms with E-state index in [-0.39, 0.29) is 6.04 Å². The Balaban J connectivity index is 2.22. The number of benzene rings is 2. The monoisotopic (exact) mass is 274 g/mol. The van der Waals surface area contributed by atoms with E-state index in [2.05, 4.69) is 36.6 Å². The van der Waals surface area contributed by atoms with E-state index in [4.69, 9.17) is 17.4 Å². The summed E-state index contributed by atoms with van der Waals surface area (Å²) in [7, 11) is 0. The van der Waals surface area contributed by atoms with Gasteiger partial charge in [-0.1, -0.05) is 61.0 Å². The van der Waals surface area contributed by atoms with Gasteiger partial charge in [0.2, 0.25) is 0 Å². The highest BCUT2D eigenvalue weighted by atomic mass is 35.5. The topological polar surface area (TPSA) is 38.0 Å². The van der Waals surface area contributed by atoms with Crippen LogP contribution in [0.2, 0.25) is 5.02 Å². The van der Waals surface area contributed by atoms with Crippen molar-refractivity contribution >= 4 is 11.6 Å². The number of nitrogens with one attached hydrogen (secondary N) is 1. The van der Waals surface area contributed by atoms with Crippen LogP contribution in [0.25, 0.3) is 0 Å². The molecule has 2 aromatic carbocycles. The molecule has 0 aliphatic rings. The first-order valence-corrected chi connectivity index (χ1v) is 6.90. The first-order valence-electron chi connectivity index (χ1n) is 6.53. The van der Waals surface area contributed by atoms with Crippen molar-refractivity contribution in [3.63, 3.8) is 0 Å². The normalized spacial score (nSPS) is 12.4. The summed E-state index contributed by atoms with van der Waals surface area (Å²) in [5.41, 5.74) is 6.50. The van der Waals surface area contributed by atoms with Crippen LogP contribution in [0, 0.1) is 0 Å². The highest BCUT2D eigenvalue weighted by molar-refractivity contribution is 6.31. The number of aryl methyl sites for hydroxylation is 1. The van der Waals surface area contributed by atoms with Crippen LogP contribution in [-0.4, -0.2) is 0 Å². The Labute approximate surface area is 119 Å². The molecule has 0 amide bonds. The van der Waals surface area contributed by atoms with Gasteiger partial charge < -0.3 is 0 Å². The highest BCUT2D eigenvalue weighted by Crippen LogP contribution is 2.23. The minimum Gasteiger partial charge on any atom is -0.271 e. The van der Waals surface area contributed by atoms with E-state index < -0.39 is 0 Å². The van der Waals surface area contributed by atoms with E-state index in [0.29, 0.717) is 0 Å². The van der Waals surface area contributed by atoms with E-state index >= 15 is 0 Å². The van der Waals surface area contributed by atoms with Crippen molar-refractivity contribution < 1.29 is 0 Å². The Morgan fingerprint density at radius 3 is 2.63 bits per heavy atom. The van der Waals surface area contributed by atoms with Crippen LogP contribution < -0.4 is 11.3 Å². The summed E-state index contributed by atoms with van der Waals surface area (Å²) in [5, 5.41) is 0.786. The summed E-state index contributed by atoms with van der Waals surface area (Å²) in [6.45, 7) is 2.15. The molecular weight excluding hydrogens is 256 g/mol. The lowest BCUT2D eigenvalue weighted by Gasteiger charge is -2.18. The zero-order valence-corrected chi connectivity index (χ0v) is 11.8. The highest BCUT2D eigenvalue weighted by Gasteiger charge is 2.12. The van der Waals surface area contributed by atoms with Gasteiger partial charge in [0, 0.05) is 5.02 Å². The molecule has 0 saturated carbocycles. The van der Waals surface area contributed by atoms with Gasteiger partial charge in [-0.15, -0.1) is 0 Å². The Morgan fingerprint density at radius 1 is 1.16 bits per heavy atom. The standard InChI is InChI=1S/C16H19ClN2/c1-2-12-6-5-8-14(10-12)16(19-18)11-13-7-3-4-9-15(13)17/h3-10,16,19H,2,11,18H2,1H3. The Kier molecular flexibility index (Phi) is 4.97. The molecule has 0 spiro atoms. The molecule has 0 heterocycles. The number of hydrogen-bond donors (Lipinski definition) is 2. The minimum absolute atomic E-state index is 0.0754. The van der Waals surface area contributed by atoms with Crippen LogP contribution in [-0.2, 0) is 12.8 Å². The van der Waals surface area contributed by atoms with Gasteiger partial charge in [0.05, 0.1) is 6.04 Å². The molecule has 0 aromatic heterocycles. The lowest BCUT2D eigenvalue weighted by Crippen LogP contribution is -2.29. The van der Waals surface area contributed by atoms with Gasteiger partial charge in [0.15, 0.2) is 0 Å². The molecule has 19 heavy (non-hydrogen) atoms. The van der Waals surface area contributed by atoms with Gasteiger partial charge in [-0.2, -0.15) is 0 Å². The molecular formula is C16H19ClN2. The molecule has 0 radical (unpaired) electrons. The van der Waals surface area contributed by atoms with E-state index in [9.17, 15) is 0 Å². The molecule has 0 saturated heterocycles. The van der Waals surface area contributed by atoms with Crippen molar-refractivity contribution in [1.29, 1.82) is 0 Å². The molecule has 0 bridgehead atoms. The van der Waals surface area contributed by atoms with Crippen LogP contribution in [0.3, 0.4) is 0 Å². The smallest absolute Gasteiger partial charge is 0.0500 e. The third-order valence-corrected chi connectivity index (χ3v) is 3.71. The minimum atomic E-state index is 0.0754. The second-order valence-electron chi connectivity index (χ2n) is 4.61. The maximum atomic E-state index is 6.20. The van der Waals surface area contributed by atoms with Crippen LogP contribution in [0.15, 0.2) is 48.5 Å². The average Bonchev–Trinajstić information content (AvgIpc) is 2.46. The first-order chi connectivity index (χ1) is 9.24. The second-order valence-corrected chi connectivity index (χ2v) is 5.02. The first kappa shape index (κ1) is 14.1. The molecule has 3 heteroatoms. The maximum Gasteiger partial charge on any atom is 0.0500 e. The Bertz CT molecular complexity index is 540. The predicted molar refractivity (Wildman–Crippen MR) is 81.0 cm³/mol. The largest absolute Gasteiger partial charge is 0.271 e. The molecule has 0 fully saturated rings. The van der Waals surface area contributed by atoms with Crippen molar-refractivity contribution in [1.82, 2.24) is 5.43 Å². The number of hydrogen-bond acceptors (Lipinski definition) is 2. The van der Waals surface area contributed by atoms with E-state index in [1.165, 1.54) is 11.1 Å². The van der Waals surface area contributed by atoms with Crippen molar-refractivity contribution in [2.75, 3.05) is 0 Å². The van der Waals surface area contributed by atoms with Gasteiger partial charge >= 0.3 is 0 Å². The summed E-state index contributed by atoms with van der Waals surface area (Å²) in [6.07, 6.45) is 1.81. The molecule has 100 valence electrons. The summed E-state index contributed by atoms with van der Waals surface area (Å²) in [4.78, 5) is 0. The van der Waals surface area contributed by atoms with Gasteiger partial charge in [-0.3, -0.25) is 11.3 Å². The fourth-order valence-electron chi connectivity index (χ4n) is 2.19. The predicted octanol–water partition coefficient (Wildman–Crippen LogP) is 3.65. The Hall–Kier alpha value is -1.35. The average molecular weight is 275 g/mol. The van der Waals surface area contributed by atoms with E-state index in [1.807, 2.05) is 24.3 Å². The number of hydrazine groups is 1. The van der Waals surface area contributed by atoms with Crippen LogP contribution in [0.5, 0.6) is 0 Å². The zero-order valence-electron chi connectivity index (χ0n) is 11.1. The molecule has 3 N–H and O–H groups in total. The maximum absolute atomic E-state index is 6.20. The van der Waals surface area contributed by atoms with Crippen LogP contribution >= 0.6 is 11.6 Å². The zero-order chi connectivity index (χ0) is 13.7. The van der Waals surface area contributed by atoms with E-state index in [1.54, 1.807) is 0 Å². The molecule has 1 unspecified atom stereocenters. The van der Waals surface area contributed by atoms with E-state index in [0.717, 1.165) is 23.4 Å². The molecule has 2 aromatic rings. The SMILES string of the molecule is CCc1cccc(C(Cc2ccccc2Cl)NN)c1. The van der Waals surface area contributed by atoms with Crippen LogP contribution in [0.1, 0.15) is 29.7 Å². The molecule has 1 atom stereocenters. The summed E-state index contributed by atoms with van der Waals surface area (Å²) >= 11 is 6.20. The number of nitrogens with two attached hydrogens (primary N) is 1. The van der Waals surface area contributed by atoms with Crippen molar-refractivity contribution in [2.45, 2.75) is 25.8 Å². The molecule has 2 nitrogen and oxygen atoms in total. The summed E-state index contributed by atoms with van der Waals surface area (Å²) in [6, 6.07) is 16.5. The van der Waals surface area contributed by atoms with Gasteiger partial charge in [0.25, 0.3) is 0 Å². The van der Waals surface area contributed by atoms with Crippen molar-refractivity contribution in [3.8, 4) is 0 Å². The molecule has 0 aliphatic heterocycles. The lowest BCUT2D eigenvalue weighted by atomic mass is 9.97. The molecule has 2 rings (SSSR count). The van der Waals surface area contributed by atoms with Gasteiger partial charge in [0.1, 0.15) is 0 Å². The summed E-state index contributed by atoms with van der Waals surface area (Å²) in [5.74, 6) is 5.70.